The Bertz CT molecular complexity index is 1220. The lowest BCUT2D eigenvalue weighted by atomic mass is 9.96. The molecular weight excluding hydrogens is 386 g/mol. The van der Waals surface area contributed by atoms with Gasteiger partial charge in [0.25, 0.3) is 0 Å². The van der Waals surface area contributed by atoms with Crippen LogP contribution < -0.4 is 4.90 Å². The topological polar surface area (TPSA) is 50.5 Å². The molecule has 0 aliphatic carbocycles. The summed E-state index contributed by atoms with van der Waals surface area (Å²) in [5.41, 5.74) is 8.84. The molecule has 31 heavy (non-hydrogen) atoms. The Morgan fingerprint density at radius 2 is 1.68 bits per heavy atom. The van der Waals surface area contributed by atoms with Crippen molar-refractivity contribution in [2.45, 2.75) is 20.0 Å². The van der Waals surface area contributed by atoms with E-state index in [0.717, 1.165) is 48.6 Å². The number of aliphatic hydroxyl groups excluding tert-OH is 1. The van der Waals surface area contributed by atoms with Gasteiger partial charge in [0.05, 0.1) is 36.0 Å². The summed E-state index contributed by atoms with van der Waals surface area (Å²) < 4.78 is 7.69. The zero-order chi connectivity index (χ0) is 21.4. The van der Waals surface area contributed by atoms with Crippen LogP contribution in [0.4, 0.5) is 5.69 Å². The number of para-hydroxylation sites is 1. The minimum atomic E-state index is -0.503. The molecule has 5 heteroatoms. The fraction of sp³-hybridized carbons (Fsp3) is 0.269. The Kier molecular flexibility index (Phi) is 5.22. The second kappa shape index (κ2) is 8.17. The van der Waals surface area contributed by atoms with Crippen molar-refractivity contribution in [1.29, 1.82) is 0 Å². The first-order valence-electron chi connectivity index (χ1n) is 10.8. The molecule has 158 valence electrons. The van der Waals surface area contributed by atoms with Gasteiger partial charge in [0.1, 0.15) is 6.33 Å². The molecule has 0 unspecified atom stereocenters. The normalized spacial score (nSPS) is 15.4. The van der Waals surface area contributed by atoms with Gasteiger partial charge in [0.2, 0.25) is 0 Å². The van der Waals surface area contributed by atoms with Crippen molar-refractivity contribution in [2.24, 2.45) is 0 Å². The first kappa shape index (κ1) is 19.8. The maximum atomic E-state index is 9.90. The maximum absolute atomic E-state index is 9.90. The van der Waals surface area contributed by atoms with Gasteiger partial charge >= 0.3 is 0 Å². The number of anilines is 1. The van der Waals surface area contributed by atoms with Crippen LogP contribution in [-0.2, 0) is 4.74 Å². The summed E-state index contributed by atoms with van der Waals surface area (Å²) in [5.74, 6) is 0. The molecule has 0 spiro atoms. The molecule has 4 aromatic rings. The Morgan fingerprint density at radius 1 is 0.935 bits per heavy atom. The van der Waals surface area contributed by atoms with Crippen molar-refractivity contribution < 1.29 is 9.84 Å². The van der Waals surface area contributed by atoms with E-state index in [9.17, 15) is 5.11 Å². The molecule has 1 aromatic heterocycles. The highest BCUT2D eigenvalue weighted by atomic mass is 16.5. The quantitative estimate of drug-likeness (QED) is 0.518. The molecule has 0 bridgehead atoms. The van der Waals surface area contributed by atoms with E-state index < -0.39 is 6.10 Å². The van der Waals surface area contributed by atoms with Gasteiger partial charge in [-0.15, -0.1) is 0 Å². The van der Waals surface area contributed by atoms with Crippen molar-refractivity contribution in [3.05, 3.63) is 78.1 Å². The van der Waals surface area contributed by atoms with Crippen LogP contribution in [-0.4, -0.2) is 41.0 Å². The van der Waals surface area contributed by atoms with Gasteiger partial charge in [0, 0.05) is 24.3 Å². The number of aliphatic hydroxyl groups is 1. The molecule has 1 fully saturated rings. The summed E-state index contributed by atoms with van der Waals surface area (Å²) in [7, 11) is 0. The third-order valence-electron chi connectivity index (χ3n) is 6.16. The predicted molar refractivity (Wildman–Crippen MR) is 125 cm³/mol. The standard InChI is InChI=1S/C26H27N3O2/c1-18-21(22-6-3-4-8-25(22)28-12-14-31-15-13-28)7-5-9-24(18)29-17-27-23-16-20(19(2)30)10-11-26(23)29/h3-11,16-17,19,30H,12-15H2,1-2H3/t19-/m1/s1. The molecule has 2 heterocycles. The van der Waals surface area contributed by atoms with Gasteiger partial charge in [-0.05, 0) is 54.8 Å². The molecule has 1 aliphatic rings. The van der Waals surface area contributed by atoms with E-state index >= 15 is 0 Å². The van der Waals surface area contributed by atoms with Crippen LogP contribution in [0.2, 0.25) is 0 Å². The third-order valence-corrected chi connectivity index (χ3v) is 6.16. The number of ether oxygens (including phenoxy) is 1. The lowest BCUT2D eigenvalue weighted by Crippen LogP contribution is -2.36. The maximum Gasteiger partial charge on any atom is 0.100 e. The fourth-order valence-electron chi connectivity index (χ4n) is 4.44. The first-order chi connectivity index (χ1) is 15.1. The Morgan fingerprint density at radius 3 is 2.48 bits per heavy atom. The van der Waals surface area contributed by atoms with Gasteiger partial charge in [0.15, 0.2) is 0 Å². The molecular formula is C26H27N3O2. The van der Waals surface area contributed by atoms with E-state index in [-0.39, 0.29) is 0 Å². The molecule has 3 aromatic carbocycles. The van der Waals surface area contributed by atoms with Crippen LogP contribution in [0.5, 0.6) is 0 Å². The van der Waals surface area contributed by atoms with Crippen LogP contribution >= 0.6 is 0 Å². The summed E-state index contributed by atoms with van der Waals surface area (Å²) >= 11 is 0. The summed E-state index contributed by atoms with van der Waals surface area (Å²) in [6.45, 7) is 7.31. The minimum Gasteiger partial charge on any atom is -0.389 e. The minimum absolute atomic E-state index is 0.503. The lowest BCUT2D eigenvalue weighted by molar-refractivity contribution is 0.123. The predicted octanol–water partition coefficient (Wildman–Crippen LogP) is 4.89. The largest absolute Gasteiger partial charge is 0.389 e. The summed E-state index contributed by atoms with van der Waals surface area (Å²) in [5, 5.41) is 9.90. The molecule has 1 atom stereocenters. The van der Waals surface area contributed by atoms with E-state index in [0.29, 0.717) is 0 Å². The Hall–Kier alpha value is -3.15. The fourth-order valence-corrected chi connectivity index (χ4v) is 4.44. The molecule has 1 saturated heterocycles. The molecule has 1 N–H and O–H groups in total. The van der Waals surface area contributed by atoms with E-state index in [4.69, 9.17) is 4.74 Å². The van der Waals surface area contributed by atoms with Gasteiger partial charge < -0.3 is 14.7 Å². The van der Waals surface area contributed by atoms with Crippen molar-refractivity contribution in [3.63, 3.8) is 0 Å². The number of hydrogen-bond donors (Lipinski definition) is 1. The monoisotopic (exact) mass is 413 g/mol. The zero-order valence-electron chi connectivity index (χ0n) is 18.0. The molecule has 1 aliphatic heterocycles. The van der Waals surface area contributed by atoms with Gasteiger partial charge in [-0.2, -0.15) is 0 Å². The van der Waals surface area contributed by atoms with Gasteiger partial charge in [-0.25, -0.2) is 4.98 Å². The van der Waals surface area contributed by atoms with Crippen LogP contribution in [0.25, 0.3) is 27.8 Å². The Labute approximate surface area is 182 Å². The van der Waals surface area contributed by atoms with Gasteiger partial charge in [-0.1, -0.05) is 36.4 Å². The second-order valence-corrected chi connectivity index (χ2v) is 8.10. The lowest BCUT2D eigenvalue weighted by Gasteiger charge is -2.31. The average molecular weight is 414 g/mol. The molecule has 0 saturated carbocycles. The SMILES string of the molecule is Cc1c(-c2ccccc2N2CCOCC2)cccc1-n1cnc2cc([C@@H](C)O)ccc21. The molecule has 5 nitrogen and oxygen atoms in total. The van der Waals surface area contributed by atoms with E-state index in [1.54, 1.807) is 6.92 Å². The number of benzene rings is 3. The number of aromatic nitrogens is 2. The van der Waals surface area contributed by atoms with E-state index in [1.807, 2.05) is 24.5 Å². The molecule has 0 amide bonds. The molecule has 5 rings (SSSR count). The third kappa shape index (κ3) is 3.60. The average Bonchev–Trinajstić information content (AvgIpc) is 3.23. The van der Waals surface area contributed by atoms with Crippen molar-refractivity contribution in [3.8, 4) is 16.8 Å². The highest BCUT2D eigenvalue weighted by Crippen LogP contribution is 2.36. The van der Waals surface area contributed by atoms with E-state index in [2.05, 4.69) is 63.8 Å². The number of hydrogen-bond acceptors (Lipinski definition) is 4. The van der Waals surface area contributed by atoms with Crippen molar-refractivity contribution in [1.82, 2.24) is 9.55 Å². The summed E-state index contributed by atoms with van der Waals surface area (Å²) in [6, 6.07) is 21.0. The van der Waals surface area contributed by atoms with Crippen LogP contribution in [0.1, 0.15) is 24.2 Å². The first-order valence-corrected chi connectivity index (χ1v) is 10.8. The highest BCUT2D eigenvalue weighted by molar-refractivity contribution is 5.84. The van der Waals surface area contributed by atoms with Crippen molar-refractivity contribution in [2.75, 3.05) is 31.2 Å². The molecule has 0 radical (unpaired) electrons. The van der Waals surface area contributed by atoms with Crippen LogP contribution in [0.15, 0.2) is 67.0 Å². The highest BCUT2D eigenvalue weighted by Gasteiger charge is 2.18. The number of rotatable bonds is 4. The van der Waals surface area contributed by atoms with E-state index in [1.165, 1.54) is 22.4 Å². The van der Waals surface area contributed by atoms with Crippen molar-refractivity contribution >= 4 is 16.7 Å². The summed E-state index contributed by atoms with van der Waals surface area (Å²) in [6.07, 6.45) is 1.37. The number of morpholine rings is 1. The van der Waals surface area contributed by atoms with Crippen LogP contribution in [0, 0.1) is 6.92 Å². The number of fused-ring (bicyclic) bond motifs is 1. The van der Waals surface area contributed by atoms with Gasteiger partial charge in [-0.3, -0.25) is 4.57 Å². The number of nitrogens with zero attached hydrogens (tertiary/aromatic N) is 3. The number of imidazole rings is 1. The zero-order valence-corrected chi connectivity index (χ0v) is 18.0. The second-order valence-electron chi connectivity index (χ2n) is 8.10. The smallest absolute Gasteiger partial charge is 0.100 e. The summed E-state index contributed by atoms with van der Waals surface area (Å²) in [4.78, 5) is 7.01. The van der Waals surface area contributed by atoms with Crippen LogP contribution in [0.3, 0.4) is 0 Å². The Balaban J connectivity index is 1.61.